The second-order valence-electron chi connectivity index (χ2n) is 5.97. The SMILES string of the molecule is C=C(C)C(=O)OCC(C)(C)CN1C(=O)C(C)=C(C)C1=O. The van der Waals surface area contributed by atoms with Crippen LogP contribution in [0.25, 0.3) is 0 Å². The van der Waals surface area contributed by atoms with Gasteiger partial charge in [-0.1, -0.05) is 20.4 Å². The van der Waals surface area contributed by atoms with E-state index < -0.39 is 11.4 Å². The van der Waals surface area contributed by atoms with Gasteiger partial charge in [-0.2, -0.15) is 0 Å². The summed E-state index contributed by atoms with van der Waals surface area (Å²) in [5.74, 6) is -1.01. The summed E-state index contributed by atoms with van der Waals surface area (Å²) in [5, 5.41) is 0. The van der Waals surface area contributed by atoms with Gasteiger partial charge in [0.2, 0.25) is 0 Å². The van der Waals surface area contributed by atoms with Gasteiger partial charge in [0.25, 0.3) is 11.8 Å². The molecule has 5 nitrogen and oxygen atoms in total. The molecule has 0 saturated heterocycles. The van der Waals surface area contributed by atoms with Crippen molar-refractivity contribution in [2.75, 3.05) is 13.2 Å². The molecule has 0 radical (unpaired) electrons. The molecule has 2 amide bonds. The van der Waals surface area contributed by atoms with E-state index in [1.165, 1.54) is 4.90 Å². The third-order valence-corrected chi connectivity index (χ3v) is 3.22. The summed E-state index contributed by atoms with van der Waals surface area (Å²) in [7, 11) is 0. The fourth-order valence-electron chi connectivity index (χ4n) is 1.82. The number of esters is 1. The third-order valence-electron chi connectivity index (χ3n) is 3.22. The Balaban J connectivity index is 2.69. The van der Waals surface area contributed by atoms with Crippen molar-refractivity contribution in [3.05, 3.63) is 23.3 Å². The van der Waals surface area contributed by atoms with E-state index in [4.69, 9.17) is 4.74 Å². The van der Waals surface area contributed by atoms with Crippen molar-refractivity contribution in [1.82, 2.24) is 4.90 Å². The van der Waals surface area contributed by atoms with Gasteiger partial charge < -0.3 is 4.74 Å². The molecular formula is C15H21NO4. The van der Waals surface area contributed by atoms with Crippen LogP contribution in [0.2, 0.25) is 0 Å². The second kappa shape index (κ2) is 5.61. The summed E-state index contributed by atoms with van der Waals surface area (Å²) in [6.07, 6.45) is 0. The standard InChI is InChI=1S/C15H21NO4/c1-9(2)14(19)20-8-15(5,6)7-16-12(17)10(3)11(4)13(16)18/h1,7-8H2,2-6H3. The van der Waals surface area contributed by atoms with E-state index in [2.05, 4.69) is 6.58 Å². The summed E-state index contributed by atoms with van der Waals surface area (Å²) < 4.78 is 5.10. The summed E-state index contributed by atoms with van der Waals surface area (Å²) in [6.45, 7) is 12.4. The molecular weight excluding hydrogens is 258 g/mol. The van der Waals surface area contributed by atoms with Crippen LogP contribution in [0.4, 0.5) is 0 Å². The lowest BCUT2D eigenvalue weighted by Crippen LogP contribution is -2.41. The van der Waals surface area contributed by atoms with E-state index in [0.29, 0.717) is 16.7 Å². The van der Waals surface area contributed by atoms with Gasteiger partial charge in [-0.3, -0.25) is 14.5 Å². The fourth-order valence-corrected chi connectivity index (χ4v) is 1.82. The molecule has 1 heterocycles. The van der Waals surface area contributed by atoms with Gasteiger partial charge in [0.1, 0.15) is 0 Å². The molecule has 110 valence electrons. The first-order valence-electron chi connectivity index (χ1n) is 6.43. The van der Waals surface area contributed by atoms with Crippen LogP contribution >= 0.6 is 0 Å². The predicted octanol–water partition coefficient (Wildman–Crippen LogP) is 1.84. The van der Waals surface area contributed by atoms with Crippen LogP contribution in [0, 0.1) is 5.41 Å². The van der Waals surface area contributed by atoms with Crippen LogP contribution in [0.5, 0.6) is 0 Å². The Bertz CT molecular complexity index is 490. The molecule has 20 heavy (non-hydrogen) atoms. The highest BCUT2D eigenvalue weighted by molar-refractivity contribution is 6.18. The molecule has 0 aromatic heterocycles. The highest BCUT2D eigenvalue weighted by Crippen LogP contribution is 2.25. The van der Waals surface area contributed by atoms with E-state index in [9.17, 15) is 14.4 Å². The van der Waals surface area contributed by atoms with Gasteiger partial charge >= 0.3 is 5.97 Å². The van der Waals surface area contributed by atoms with Crippen LogP contribution in [0.1, 0.15) is 34.6 Å². The largest absolute Gasteiger partial charge is 0.462 e. The van der Waals surface area contributed by atoms with Gasteiger partial charge in [0.05, 0.1) is 6.61 Å². The lowest BCUT2D eigenvalue weighted by atomic mass is 9.94. The summed E-state index contributed by atoms with van der Waals surface area (Å²) in [5.41, 5.74) is 0.762. The average molecular weight is 279 g/mol. The first-order valence-corrected chi connectivity index (χ1v) is 6.43. The Morgan fingerprint density at radius 3 is 2.05 bits per heavy atom. The lowest BCUT2D eigenvalue weighted by Gasteiger charge is -2.28. The van der Waals surface area contributed by atoms with Gasteiger partial charge in [0.15, 0.2) is 0 Å². The molecule has 1 aliphatic rings. The normalized spacial score (nSPS) is 15.9. The molecule has 0 unspecified atom stereocenters. The number of carbonyl (C=O) groups excluding carboxylic acids is 3. The maximum absolute atomic E-state index is 12.0. The minimum atomic E-state index is -0.513. The topological polar surface area (TPSA) is 63.7 Å². The second-order valence-corrected chi connectivity index (χ2v) is 5.97. The predicted molar refractivity (Wildman–Crippen MR) is 74.6 cm³/mol. The van der Waals surface area contributed by atoms with Crippen molar-refractivity contribution < 1.29 is 19.1 Å². The molecule has 5 heteroatoms. The number of amides is 2. The van der Waals surface area contributed by atoms with Crippen LogP contribution in [0.15, 0.2) is 23.3 Å². The highest BCUT2D eigenvalue weighted by Gasteiger charge is 2.37. The molecule has 0 aliphatic carbocycles. The Morgan fingerprint density at radius 2 is 1.65 bits per heavy atom. The van der Waals surface area contributed by atoms with Crippen molar-refractivity contribution in [2.24, 2.45) is 5.41 Å². The number of ether oxygens (including phenoxy) is 1. The van der Waals surface area contributed by atoms with Crippen LogP contribution in [0.3, 0.4) is 0 Å². The molecule has 0 bridgehead atoms. The number of hydrogen-bond acceptors (Lipinski definition) is 4. The monoisotopic (exact) mass is 279 g/mol. The van der Waals surface area contributed by atoms with E-state index in [-0.39, 0.29) is 25.0 Å². The first-order chi connectivity index (χ1) is 9.07. The highest BCUT2D eigenvalue weighted by atomic mass is 16.5. The maximum atomic E-state index is 12.0. The van der Waals surface area contributed by atoms with E-state index in [1.54, 1.807) is 20.8 Å². The summed E-state index contributed by atoms with van der Waals surface area (Å²) in [6, 6.07) is 0. The minimum absolute atomic E-state index is 0.119. The first kappa shape index (κ1) is 16.1. The smallest absolute Gasteiger partial charge is 0.333 e. The maximum Gasteiger partial charge on any atom is 0.333 e. The molecule has 0 saturated carbocycles. The number of hydrogen-bond donors (Lipinski definition) is 0. The average Bonchev–Trinajstić information content (AvgIpc) is 2.53. The zero-order chi connectivity index (χ0) is 15.7. The van der Waals surface area contributed by atoms with E-state index in [1.807, 2.05) is 13.8 Å². The van der Waals surface area contributed by atoms with Crippen molar-refractivity contribution >= 4 is 17.8 Å². The molecule has 0 aromatic carbocycles. The molecule has 0 aromatic rings. The Morgan fingerprint density at radius 1 is 1.20 bits per heavy atom. The molecule has 0 spiro atoms. The van der Waals surface area contributed by atoms with E-state index in [0.717, 1.165) is 0 Å². The lowest BCUT2D eigenvalue weighted by molar-refractivity contribution is -0.144. The van der Waals surface area contributed by atoms with Crippen LogP contribution in [-0.2, 0) is 19.1 Å². The molecule has 1 aliphatic heterocycles. The van der Waals surface area contributed by atoms with Gasteiger partial charge in [-0.15, -0.1) is 0 Å². The van der Waals surface area contributed by atoms with Crippen LogP contribution in [-0.4, -0.2) is 35.8 Å². The third kappa shape index (κ3) is 3.35. The fraction of sp³-hybridized carbons (Fsp3) is 0.533. The summed E-state index contributed by atoms with van der Waals surface area (Å²) in [4.78, 5) is 36.5. The molecule has 1 rings (SSSR count). The molecule has 0 N–H and O–H groups in total. The van der Waals surface area contributed by atoms with E-state index >= 15 is 0 Å². The Labute approximate surface area is 119 Å². The van der Waals surface area contributed by atoms with Gasteiger partial charge in [-0.25, -0.2) is 4.79 Å². The van der Waals surface area contributed by atoms with Crippen molar-refractivity contribution in [2.45, 2.75) is 34.6 Å². The van der Waals surface area contributed by atoms with Gasteiger partial charge in [-0.05, 0) is 20.8 Å². The Hall–Kier alpha value is -1.91. The number of rotatable bonds is 5. The van der Waals surface area contributed by atoms with Gasteiger partial charge in [0, 0.05) is 28.7 Å². The minimum Gasteiger partial charge on any atom is -0.462 e. The van der Waals surface area contributed by atoms with Crippen molar-refractivity contribution in [3.63, 3.8) is 0 Å². The number of nitrogens with zero attached hydrogens (tertiary/aromatic N) is 1. The number of imide groups is 1. The molecule has 0 atom stereocenters. The Kier molecular flexibility index (Phi) is 4.53. The zero-order valence-electron chi connectivity index (χ0n) is 12.7. The molecule has 0 fully saturated rings. The van der Waals surface area contributed by atoms with Crippen LogP contribution < -0.4 is 0 Å². The number of carbonyl (C=O) groups is 3. The quantitative estimate of drug-likeness (QED) is 0.437. The van der Waals surface area contributed by atoms with Crippen molar-refractivity contribution in [1.29, 1.82) is 0 Å². The summed E-state index contributed by atoms with van der Waals surface area (Å²) >= 11 is 0. The zero-order valence-corrected chi connectivity index (χ0v) is 12.7. The van der Waals surface area contributed by atoms with Crippen molar-refractivity contribution in [3.8, 4) is 0 Å².